The van der Waals surface area contributed by atoms with Gasteiger partial charge in [0, 0.05) is 0 Å². The maximum absolute atomic E-state index is 2.32. The maximum atomic E-state index is 2.32. The van der Waals surface area contributed by atoms with Crippen LogP contribution in [0.3, 0.4) is 0 Å². The Morgan fingerprint density at radius 2 is 0.391 bits per heavy atom. The molecule has 0 unspecified atom stereocenters. The van der Waals surface area contributed by atoms with Gasteiger partial charge in [-0.1, -0.05) is 182 Å². The fourth-order valence-electron chi connectivity index (χ4n) is 7.59. The third-order valence-electron chi connectivity index (χ3n) is 9.45. The Kier molecular flexibility index (Phi) is 6.25. The van der Waals surface area contributed by atoms with Gasteiger partial charge < -0.3 is 0 Å². The van der Waals surface area contributed by atoms with Crippen molar-refractivity contribution in [3.63, 3.8) is 0 Å². The van der Waals surface area contributed by atoms with Crippen LogP contribution in [0.25, 0.3) is 87.6 Å². The highest BCUT2D eigenvalue weighted by molar-refractivity contribution is 6.26. The predicted octanol–water partition coefficient (Wildman–Crippen LogP) is 13.0. The summed E-state index contributed by atoms with van der Waals surface area (Å²) in [5, 5.41) is 10.1. The molecule has 0 heteroatoms. The molecule has 9 aromatic carbocycles. The van der Waals surface area contributed by atoms with Crippen molar-refractivity contribution in [2.45, 2.75) is 0 Å². The standard InChI is InChI=1S/C46H30/c1-3-17-31(18-4-1)43-33-21-7-11-25-37(33)45(38-26-12-8-22-34(38)43)41-29-15-16-30-42(41)46-39-27-13-9-23-35(39)44(32-19-5-2-6-20-32)36-24-10-14-28-40(36)46/h1-30H. The van der Waals surface area contributed by atoms with Gasteiger partial charge in [-0.3, -0.25) is 0 Å². The third-order valence-corrected chi connectivity index (χ3v) is 9.45. The minimum atomic E-state index is 1.24. The Morgan fingerprint density at radius 1 is 0.174 bits per heavy atom. The molecule has 0 spiro atoms. The van der Waals surface area contributed by atoms with Crippen LogP contribution >= 0.6 is 0 Å². The van der Waals surface area contributed by atoms with E-state index in [1.807, 2.05) is 0 Å². The zero-order valence-corrected chi connectivity index (χ0v) is 25.3. The molecule has 0 aliphatic carbocycles. The summed E-state index contributed by atoms with van der Waals surface area (Å²) in [4.78, 5) is 0. The Labute approximate surface area is 268 Å². The van der Waals surface area contributed by atoms with Crippen LogP contribution in [0.1, 0.15) is 0 Å². The van der Waals surface area contributed by atoms with Crippen LogP contribution in [-0.2, 0) is 0 Å². The minimum Gasteiger partial charge on any atom is -0.0622 e. The van der Waals surface area contributed by atoms with Crippen molar-refractivity contribution < 1.29 is 0 Å². The van der Waals surface area contributed by atoms with E-state index in [0.29, 0.717) is 0 Å². The van der Waals surface area contributed by atoms with E-state index in [0.717, 1.165) is 0 Å². The molecule has 0 N–H and O–H groups in total. The monoisotopic (exact) mass is 582 g/mol. The van der Waals surface area contributed by atoms with Crippen LogP contribution in [0.15, 0.2) is 182 Å². The molecule has 0 aliphatic heterocycles. The van der Waals surface area contributed by atoms with Crippen LogP contribution in [-0.4, -0.2) is 0 Å². The highest BCUT2D eigenvalue weighted by Gasteiger charge is 2.22. The fraction of sp³-hybridized carbons (Fsp3) is 0. The van der Waals surface area contributed by atoms with Gasteiger partial charge in [0.25, 0.3) is 0 Å². The summed E-state index contributed by atoms with van der Waals surface area (Å²) in [6.45, 7) is 0. The van der Waals surface area contributed by atoms with Crippen molar-refractivity contribution in [2.24, 2.45) is 0 Å². The molecule has 0 saturated heterocycles. The van der Waals surface area contributed by atoms with Crippen molar-refractivity contribution in [3.05, 3.63) is 182 Å². The van der Waals surface area contributed by atoms with Crippen molar-refractivity contribution >= 4 is 43.1 Å². The lowest BCUT2D eigenvalue weighted by atomic mass is 9.81. The van der Waals surface area contributed by atoms with Crippen molar-refractivity contribution in [2.75, 3.05) is 0 Å². The summed E-state index contributed by atoms with van der Waals surface area (Å²) in [5.41, 5.74) is 10.1. The Bertz CT molecular complexity index is 2260. The van der Waals surface area contributed by atoms with E-state index in [1.54, 1.807) is 0 Å². The first-order chi connectivity index (χ1) is 22.9. The van der Waals surface area contributed by atoms with E-state index in [4.69, 9.17) is 0 Å². The Hall–Kier alpha value is -5.98. The molecule has 0 radical (unpaired) electrons. The number of fused-ring (bicyclic) bond motifs is 4. The molecule has 9 rings (SSSR count). The summed E-state index contributed by atoms with van der Waals surface area (Å²) in [6, 6.07) is 66.4. The van der Waals surface area contributed by atoms with Gasteiger partial charge in [0.1, 0.15) is 0 Å². The average Bonchev–Trinajstić information content (AvgIpc) is 3.13. The highest BCUT2D eigenvalue weighted by atomic mass is 14.2. The van der Waals surface area contributed by atoms with Crippen LogP contribution in [0.4, 0.5) is 0 Å². The van der Waals surface area contributed by atoms with E-state index in [1.165, 1.54) is 87.6 Å². The van der Waals surface area contributed by atoms with Crippen molar-refractivity contribution in [1.82, 2.24) is 0 Å². The molecule has 0 heterocycles. The van der Waals surface area contributed by atoms with Gasteiger partial charge in [-0.15, -0.1) is 0 Å². The minimum absolute atomic E-state index is 1.24. The molecule has 0 nitrogen and oxygen atoms in total. The zero-order chi connectivity index (χ0) is 30.5. The molecule has 0 amide bonds. The molecule has 0 atom stereocenters. The zero-order valence-electron chi connectivity index (χ0n) is 25.3. The van der Waals surface area contributed by atoms with Gasteiger partial charge in [0.15, 0.2) is 0 Å². The number of rotatable bonds is 4. The lowest BCUT2D eigenvalue weighted by molar-refractivity contribution is 1.63. The normalized spacial score (nSPS) is 11.5. The Morgan fingerprint density at radius 3 is 0.674 bits per heavy atom. The molecule has 0 fully saturated rings. The Balaban J connectivity index is 1.43. The molecule has 0 aliphatic rings. The first-order valence-corrected chi connectivity index (χ1v) is 16.0. The lowest BCUT2D eigenvalue weighted by Crippen LogP contribution is -1.94. The SMILES string of the molecule is c1ccc(-c2c3ccccc3c(-c3ccccc3-c3c4ccccc4c(-c4ccccc4)c4ccccc34)c3ccccc23)cc1. The largest absolute Gasteiger partial charge is 0.0622 e. The lowest BCUT2D eigenvalue weighted by Gasteiger charge is -2.22. The fourth-order valence-corrected chi connectivity index (χ4v) is 7.59. The first-order valence-electron chi connectivity index (χ1n) is 16.0. The van der Waals surface area contributed by atoms with E-state index in [-0.39, 0.29) is 0 Å². The number of benzene rings is 9. The molecule has 214 valence electrons. The van der Waals surface area contributed by atoms with Crippen molar-refractivity contribution in [3.8, 4) is 44.5 Å². The van der Waals surface area contributed by atoms with Gasteiger partial charge in [-0.2, -0.15) is 0 Å². The van der Waals surface area contributed by atoms with E-state index < -0.39 is 0 Å². The van der Waals surface area contributed by atoms with Gasteiger partial charge >= 0.3 is 0 Å². The molecule has 46 heavy (non-hydrogen) atoms. The number of hydrogen-bond donors (Lipinski definition) is 0. The summed E-state index contributed by atoms with van der Waals surface area (Å²) >= 11 is 0. The van der Waals surface area contributed by atoms with Crippen LogP contribution in [0.2, 0.25) is 0 Å². The first kappa shape index (κ1) is 26.4. The highest BCUT2D eigenvalue weighted by Crippen LogP contribution is 2.49. The van der Waals surface area contributed by atoms with Crippen molar-refractivity contribution in [1.29, 1.82) is 0 Å². The second kappa shape index (κ2) is 10.9. The summed E-state index contributed by atoms with van der Waals surface area (Å²) in [5.74, 6) is 0. The average molecular weight is 583 g/mol. The van der Waals surface area contributed by atoms with E-state index >= 15 is 0 Å². The molecular weight excluding hydrogens is 553 g/mol. The second-order valence-electron chi connectivity index (χ2n) is 12.0. The van der Waals surface area contributed by atoms with Gasteiger partial charge in [-0.05, 0) is 87.6 Å². The smallest absolute Gasteiger partial charge is 0.00201 e. The molecule has 0 aromatic heterocycles. The van der Waals surface area contributed by atoms with Crippen LogP contribution in [0, 0.1) is 0 Å². The van der Waals surface area contributed by atoms with E-state index in [9.17, 15) is 0 Å². The summed E-state index contributed by atoms with van der Waals surface area (Å²) < 4.78 is 0. The molecular formula is C46H30. The predicted molar refractivity (Wildman–Crippen MR) is 198 cm³/mol. The molecule has 0 saturated carbocycles. The van der Waals surface area contributed by atoms with Gasteiger partial charge in [0.2, 0.25) is 0 Å². The maximum Gasteiger partial charge on any atom is -0.00201 e. The van der Waals surface area contributed by atoms with Crippen LogP contribution in [0.5, 0.6) is 0 Å². The van der Waals surface area contributed by atoms with Gasteiger partial charge in [-0.25, -0.2) is 0 Å². The third kappa shape index (κ3) is 4.08. The quantitative estimate of drug-likeness (QED) is 0.181. The summed E-state index contributed by atoms with van der Waals surface area (Å²) in [7, 11) is 0. The topological polar surface area (TPSA) is 0 Å². The molecule has 9 aromatic rings. The summed E-state index contributed by atoms with van der Waals surface area (Å²) in [6.07, 6.45) is 0. The number of hydrogen-bond acceptors (Lipinski definition) is 0. The van der Waals surface area contributed by atoms with Crippen LogP contribution < -0.4 is 0 Å². The van der Waals surface area contributed by atoms with Gasteiger partial charge in [0.05, 0.1) is 0 Å². The molecule has 0 bridgehead atoms. The van der Waals surface area contributed by atoms with E-state index in [2.05, 4.69) is 182 Å². The second-order valence-corrected chi connectivity index (χ2v) is 12.0.